The van der Waals surface area contributed by atoms with E-state index >= 15 is 0 Å². The van der Waals surface area contributed by atoms with Crippen molar-refractivity contribution in [3.05, 3.63) is 29.3 Å². The van der Waals surface area contributed by atoms with Gasteiger partial charge in [-0.1, -0.05) is 19.4 Å². The first kappa shape index (κ1) is 15.0. The van der Waals surface area contributed by atoms with Gasteiger partial charge >= 0.3 is 6.03 Å². The highest BCUT2D eigenvalue weighted by molar-refractivity contribution is 6.12. The van der Waals surface area contributed by atoms with Gasteiger partial charge in [0.25, 0.3) is 0 Å². The van der Waals surface area contributed by atoms with Crippen LogP contribution < -0.4 is 10.6 Å². The van der Waals surface area contributed by atoms with Crippen molar-refractivity contribution in [2.24, 2.45) is 0 Å². The van der Waals surface area contributed by atoms with Gasteiger partial charge in [0, 0.05) is 31.3 Å². The first-order chi connectivity index (χ1) is 10.1. The zero-order valence-electron chi connectivity index (χ0n) is 12.3. The summed E-state index contributed by atoms with van der Waals surface area (Å²) in [5.74, 6) is -0.191. The highest BCUT2D eigenvalue weighted by Gasteiger charge is 2.27. The van der Waals surface area contributed by atoms with Crippen LogP contribution in [-0.4, -0.2) is 36.3 Å². The van der Waals surface area contributed by atoms with E-state index in [4.69, 9.17) is 5.41 Å². The second kappa shape index (κ2) is 6.39. The standard InChI is InChI=1S/C15H20N4O2/c1-3-4-10-5-6-11(12(9-10)17-2)14(16)19-8-7-13(20)18-15(19)21/h5-6,9,16-17H,3-4,7-8H2,1-2H3,(H,18,20,21). The molecule has 6 nitrogen and oxygen atoms in total. The number of amidine groups is 1. The Bertz CT molecular complexity index is 583. The van der Waals surface area contributed by atoms with Crippen molar-refractivity contribution >= 4 is 23.5 Å². The lowest BCUT2D eigenvalue weighted by Gasteiger charge is -2.27. The summed E-state index contributed by atoms with van der Waals surface area (Å²) in [7, 11) is 1.79. The molecular formula is C15H20N4O2. The monoisotopic (exact) mass is 288 g/mol. The molecule has 1 aliphatic heterocycles. The minimum Gasteiger partial charge on any atom is -0.388 e. The summed E-state index contributed by atoms with van der Waals surface area (Å²) in [4.78, 5) is 24.3. The molecule has 1 aromatic rings. The second-order valence-electron chi connectivity index (χ2n) is 4.98. The molecular weight excluding hydrogens is 268 g/mol. The first-order valence-electron chi connectivity index (χ1n) is 7.07. The van der Waals surface area contributed by atoms with Crippen LogP contribution in [0.25, 0.3) is 0 Å². The van der Waals surface area contributed by atoms with E-state index in [-0.39, 0.29) is 24.7 Å². The molecule has 112 valence electrons. The number of carbonyl (C=O) groups excluding carboxylic acids is 2. The zero-order chi connectivity index (χ0) is 15.4. The van der Waals surface area contributed by atoms with Crippen LogP contribution in [0.2, 0.25) is 0 Å². The molecule has 0 aliphatic carbocycles. The van der Waals surface area contributed by atoms with E-state index in [0.717, 1.165) is 18.5 Å². The molecule has 1 aromatic carbocycles. The maximum absolute atomic E-state index is 11.8. The minimum absolute atomic E-state index is 0.104. The van der Waals surface area contributed by atoms with Gasteiger partial charge in [-0.3, -0.25) is 20.4 Å². The third kappa shape index (κ3) is 3.21. The van der Waals surface area contributed by atoms with Crippen LogP contribution in [0.1, 0.15) is 30.9 Å². The van der Waals surface area contributed by atoms with E-state index in [9.17, 15) is 9.59 Å². The fraction of sp³-hybridized carbons (Fsp3) is 0.400. The van der Waals surface area contributed by atoms with Crippen molar-refractivity contribution < 1.29 is 9.59 Å². The maximum Gasteiger partial charge on any atom is 0.329 e. The number of rotatable bonds is 4. The summed E-state index contributed by atoms with van der Waals surface area (Å²) < 4.78 is 0. The number of aryl methyl sites for hydroxylation is 1. The summed E-state index contributed by atoms with van der Waals surface area (Å²) in [5.41, 5.74) is 2.66. The van der Waals surface area contributed by atoms with Crippen LogP contribution >= 0.6 is 0 Å². The third-order valence-electron chi connectivity index (χ3n) is 3.47. The van der Waals surface area contributed by atoms with E-state index in [1.807, 2.05) is 18.2 Å². The van der Waals surface area contributed by atoms with Gasteiger partial charge in [-0.15, -0.1) is 0 Å². The number of nitrogens with one attached hydrogen (secondary N) is 3. The Morgan fingerprint density at radius 2 is 2.19 bits per heavy atom. The van der Waals surface area contributed by atoms with Gasteiger partial charge in [-0.05, 0) is 24.1 Å². The molecule has 0 bridgehead atoms. The smallest absolute Gasteiger partial charge is 0.329 e. The molecule has 0 radical (unpaired) electrons. The fourth-order valence-corrected chi connectivity index (χ4v) is 2.37. The van der Waals surface area contributed by atoms with E-state index < -0.39 is 6.03 Å². The van der Waals surface area contributed by atoms with Gasteiger partial charge in [0.1, 0.15) is 5.84 Å². The number of urea groups is 1. The lowest BCUT2D eigenvalue weighted by atomic mass is 10.0. The topological polar surface area (TPSA) is 85.3 Å². The molecule has 1 fully saturated rings. The Hall–Kier alpha value is -2.37. The number of benzene rings is 1. The Kier molecular flexibility index (Phi) is 4.57. The van der Waals surface area contributed by atoms with Crippen LogP contribution in [0.3, 0.4) is 0 Å². The predicted molar refractivity (Wildman–Crippen MR) is 81.7 cm³/mol. The third-order valence-corrected chi connectivity index (χ3v) is 3.47. The molecule has 0 atom stereocenters. The van der Waals surface area contributed by atoms with Crippen molar-refractivity contribution in [2.45, 2.75) is 26.2 Å². The number of anilines is 1. The Morgan fingerprint density at radius 1 is 1.43 bits per heavy atom. The normalized spacial score (nSPS) is 14.9. The largest absolute Gasteiger partial charge is 0.388 e. The lowest BCUT2D eigenvalue weighted by Crippen LogP contribution is -2.52. The van der Waals surface area contributed by atoms with Crippen molar-refractivity contribution in [2.75, 3.05) is 18.9 Å². The van der Waals surface area contributed by atoms with Crippen molar-refractivity contribution in [1.29, 1.82) is 5.41 Å². The summed E-state index contributed by atoms with van der Waals surface area (Å²) in [6.07, 6.45) is 2.24. The van der Waals surface area contributed by atoms with Crippen molar-refractivity contribution in [3.63, 3.8) is 0 Å². The van der Waals surface area contributed by atoms with Crippen LogP contribution in [-0.2, 0) is 11.2 Å². The average Bonchev–Trinajstić information content (AvgIpc) is 2.47. The molecule has 3 amide bonds. The lowest BCUT2D eigenvalue weighted by molar-refractivity contribution is -0.121. The van der Waals surface area contributed by atoms with Gasteiger partial charge in [0.2, 0.25) is 5.91 Å². The Morgan fingerprint density at radius 3 is 2.81 bits per heavy atom. The molecule has 0 spiro atoms. The number of imide groups is 1. The molecule has 6 heteroatoms. The van der Waals surface area contributed by atoms with E-state index in [2.05, 4.69) is 17.6 Å². The highest BCUT2D eigenvalue weighted by Crippen LogP contribution is 2.21. The highest BCUT2D eigenvalue weighted by atomic mass is 16.2. The van der Waals surface area contributed by atoms with Crippen LogP contribution in [0.5, 0.6) is 0 Å². The summed E-state index contributed by atoms with van der Waals surface area (Å²) in [6, 6.07) is 5.29. The van der Waals surface area contributed by atoms with Gasteiger partial charge in [0.05, 0.1) is 0 Å². The number of hydrogen-bond donors (Lipinski definition) is 3. The molecule has 21 heavy (non-hydrogen) atoms. The Labute approximate surface area is 124 Å². The maximum atomic E-state index is 11.8. The fourth-order valence-electron chi connectivity index (χ4n) is 2.37. The molecule has 3 N–H and O–H groups in total. The van der Waals surface area contributed by atoms with Gasteiger partial charge in [0.15, 0.2) is 0 Å². The van der Waals surface area contributed by atoms with Gasteiger partial charge in [-0.2, -0.15) is 0 Å². The van der Waals surface area contributed by atoms with Crippen LogP contribution in [0, 0.1) is 5.41 Å². The number of carbonyl (C=O) groups is 2. The molecule has 0 unspecified atom stereocenters. The van der Waals surface area contributed by atoms with E-state index in [1.165, 1.54) is 10.5 Å². The van der Waals surface area contributed by atoms with Crippen LogP contribution in [0.4, 0.5) is 10.5 Å². The van der Waals surface area contributed by atoms with Crippen molar-refractivity contribution in [1.82, 2.24) is 10.2 Å². The molecule has 0 saturated carbocycles. The summed E-state index contributed by atoms with van der Waals surface area (Å²) >= 11 is 0. The van der Waals surface area contributed by atoms with Gasteiger partial charge < -0.3 is 5.32 Å². The number of amides is 3. The molecule has 0 aromatic heterocycles. The number of nitrogens with zero attached hydrogens (tertiary/aromatic N) is 1. The van der Waals surface area contributed by atoms with Crippen LogP contribution in [0.15, 0.2) is 18.2 Å². The zero-order valence-corrected chi connectivity index (χ0v) is 12.3. The van der Waals surface area contributed by atoms with Crippen molar-refractivity contribution in [3.8, 4) is 0 Å². The summed E-state index contributed by atoms with van der Waals surface area (Å²) in [5, 5.41) is 13.6. The minimum atomic E-state index is -0.532. The first-order valence-corrected chi connectivity index (χ1v) is 7.07. The quantitative estimate of drug-likeness (QED) is 0.584. The van der Waals surface area contributed by atoms with Gasteiger partial charge in [-0.25, -0.2) is 4.79 Å². The Balaban J connectivity index is 2.26. The molecule has 1 heterocycles. The average molecular weight is 288 g/mol. The molecule has 2 rings (SSSR count). The summed E-state index contributed by atoms with van der Waals surface area (Å²) in [6.45, 7) is 2.35. The predicted octanol–water partition coefficient (Wildman–Crippen LogP) is 1.95. The van der Waals surface area contributed by atoms with E-state index in [0.29, 0.717) is 5.56 Å². The number of hydrogen-bond acceptors (Lipinski definition) is 4. The molecule has 1 aliphatic rings. The molecule has 1 saturated heterocycles. The second-order valence-corrected chi connectivity index (χ2v) is 4.98. The van der Waals surface area contributed by atoms with E-state index in [1.54, 1.807) is 7.05 Å². The SMILES string of the molecule is CCCc1ccc(C(=N)N2CCC(=O)NC2=O)c(NC)c1.